The van der Waals surface area contributed by atoms with E-state index in [0.717, 1.165) is 0 Å². The minimum Gasteiger partial charge on any atom is -0.462 e. The van der Waals surface area contributed by atoms with Crippen LogP contribution in [0, 0.1) is 5.92 Å². The lowest BCUT2D eigenvalue weighted by Gasteiger charge is -2.07. The van der Waals surface area contributed by atoms with Gasteiger partial charge in [-0.15, -0.1) is 0 Å². The lowest BCUT2D eigenvalue weighted by Crippen LogP contribution is -2.20. The number of carbonyl (C=O) groups is 3. The molecule has 4 nitrogen and oxygen atoms in total. The molecule has 0 aliphatic rings. The Morgan fingerprint density at radius 1 is 1.54 bits per heavy atom. The van der Waals surface area contributed by atoms with Crippen LogP contribution >= 0.6 is 0 Å². The molecule has 0 heterocycles. The quantitative estimate of drug-likeness (QED) is 0.270. The van der Waals surface area contributed by atoms with E-state index in [1.807, 2.05) is 0 Å². The SMILES string of the molecule is C=C(C)C(=O)OCC(C)C(=O)C=O. The molecule has 0 bridgehead atoms. The summed E-state index contributed by atoms with van der Waals surface area (Å²) in [6.45, 7) is 6.31. The summed E-state index contributed by atoms with van der Waals surface area (Å²) in [6, 6.07) is 0. The highest BCUT2D eigenvalue weighted by molar-refractivity contribution is 6.25. The van der Waals surface area contributed by atoms with Crippen molar-refractivity contribution in [1.29, 1.82) is 0 Å². The Bertz CT molecular complexity index is 242. The molecular weight excluding hydrogens is 172 g/mol. The molecule has 1 unspecified atom stereocenters. The number of ketones is 1. The van der Waals surface area contributed by atoms with E-state index in [1.165, 1.54) is 13.8 Å². The summed E-state index contributed by atoms with van der Waals surface area (Å²) in [7, 11) is 0. The zero-order valence-electron chi connectivity index (χ0n) is 7.70. The first-order valence-corrected chi connectivity index (χ1v) is 3.80. The normalized spacial score (nSPS) is 11.5. The van der Waals surface area contributed by atoms with Gasteiger partial charge in [-0.25, -0.2) is 4.79 Å². The number of carbonyl (C=O) groups excluding carboxylic acids is 3. The average molecular weight is 184 g/mol. The van der Waals surface area contributed by atoms with Gasteiger partial charge >= 0.3 is 5.97 Å². The molecule has 0 aromatic rings. The van der Waals surface area contributed by atoms with Gasteiger partial charge in [-0.1, -0.05) is 13.5 Å². The summed E-state index contributed by atoms with van der Waals surface area (Å²) in [6.07, 6.45) is 0.221. The van der Waals surface area contributed by atoms with Gasteiger partial charge in [0.2, 0.25) is 5.78 Å². The monoisotopic (exact) mass is 184 g/mol. The average Bonchev–Trinajstić information content (AvgIpc) is 2.11. The van der Waals surface area contributed by atoms with Crippen molar-refractivity contribution in [1.82, 2.24) is 0 Å². The van der Waals surface area contributed by atoms with Gasteiger partial charge in [-0.2, -0.15) is 0 Å². The van der Waals surface area contributed by atoms with Crippen molar-refractivity contribution in [2.45, 2.75) is 13.8 Å². The third-order valence-electron chi connectivity index (χ3n) is 1.41. The maximum atomic E-state index is 10.8. The van der Waals surface area contributed by atoms with Crippen LogP contribution < -0.4 is 0 Å². The largest absolute Gasteiger partial charge is 0.462 e. The first-order chi connectivity index (χ1) is 5.99. The first-order valence-electron chi connectivity index (χ1n) is 3.80. The second kappa shape index (κ2) is 5.24. The lowest BCUT2D eigenvalue weighted by atomic mass is 10.1. The zero-order chi connectivity index (χ0) is 10.4. The molecule has 0 aliphatic heterocycles. The van der Waals surface area contributed by atoms with E-state index in [1.54, 1.807) is 0 Å². The Balaban J connectivity index is 3.89. The number of hydrogen-bond donors (Lipinski definition) is 0. The Morgan fingerprint density at radius 2 is 2.08 bits per heavy atom. The molecule has 0 spiro atoms. The molecule has 1 atom stereocenters. The summed E-state index contributed by atoms with van der Waals surface area (Å²) in [5, 5.41) is 0. The predicted octanol–water partition coefficient (Wildman–Crippen LogP) is 0.510. The summed E-state index contributed by atoms with van der Waals surface area (Å²) in [5.41, 5.74) is 0.269. The van der Waals surface area contributed by atoms with Crippen LogP contribution in [0.25, 0.3) is 0 Å². The maximum Gasteiger partial charge on any atom is 0.333 e. The summed E-state index contributed by atoms with van der Waals surface area (Å²) in [5.74, 6) is -1.71. The maximum absolute atomic E-state index is 10.8. The third-order valence-corrected chi connectivity index (χ3v) is 1.41. The predicted molar refractivity (Wildman–Crippen MR) is 46.0 cm³/mol. The van der Waals surface area contributed by atoms with Gasteiger partial charge in [0.05, 0.1) is 5.92 Å². The topological polar surface area (TPSA) is 60.4 Å². The molecule has 0 saturated heterocycles. The molecule has 0 amide bonds. The molecule has 4 heteroatoms. The molecule has 0 aromatic carbocycles. The number of esters is 1. The number of Topliss-reactive ketones (excluding diaryl/α,β-unsaturated/α-hetero) is 1. The van der Waals surface area contributed by atoms with Crippen molar-refractivity contribution in [3.05, 3.63) is 12.2 Å². The third kappa shape index (κ3) is 4.20. The van der Waals surface area contributed by atoms with Crippen molar-refractivity contribution in [3.63, 3.8) is 0 Å². The van der Waals surface area contributed by atoms with E-state index in [0.29, 0.717) is 0 Å². The van der Waals surface area contributed by atoms with Gasteiger partial charge in [0.25, 0.3) is 0 Å². The van der Waals surface area contributed by atoms with E-state index in [9.17, 15) is 14.4 Å². The summed E-state index contributed by atoms with van der Waals surface area (Å²) in [4.78, 5) is 31.6. The molecule has 0 radical (unpaired) electrons. The fraction of sp³-hybridized carbons (Fsp3) is 0.444. The molecule has 0 N–H and O–H groups in total. The molecule has 0 fully saturated rings. The highest BCUT2D eigenvalue weighted by Gasteiger charge is 2.14. The van der Waals surface area contributed by atoms with Crippen LogP contribution in [0.1, 0.15) is 13.8 Å². The van der Waals surface area contributed by atoms with Gasteiger partial charge in [0, 0.05) is 5.57 Å². The number of rotatable bonds is 5. The van der Waals surface area contributed by atoms with Crippen LogP contribution in [0.5, 0.6) is 0 Å². The van der Waals surface area contributed by atoms with Crippen molar-refractivity contribution in [2.24, 2.45) is 5.92 Å². The Morgan fingerprint density at radius 3 is 2.46 bits per heavy atom. The molecular formula is C9H12O4. The molecule has 0 saturated carbocycles. The fourth-order valence-electron chi connectivity index (χ4n) is 0.522. The Hall–Kier alpha value is -1.45. The molecule has 0 rings (SSSR count). The van der Waals surface area contributed by atoms with Gasteiger partial charge < -0.3 is 4.74 Å². The molecule has 0 aromatic heterocycles. The van der Waals surface area contributed by atoms with Crippen molar-refractivity contribution in [3.8, 4) is 0 Å². The van der Waals surface area contributed by atoms with Crippen LogP contribution in [0.2, 0.25) is 0 Å². The smallest absolute Gasteiger partial charge is 0.333 e. The van der Waals surface area contributed by atoms with Gasteiger partial charge in [-0.3, -0.25) is 9.59 Å². The first kappa shape index (κ1) is 11.6. The molecule has 0 aliphatic carbocycles. The number of ether oxygens (including phenoxy) is 1. The van der Waals surface area contributed by atoms with Gasteiger partial charge in [0.15, 0.2) is 6.29 Å². The fourth-order valence-corrected chi connectivity index (χ4v) is 0.522. The highest BCUT2D eigenvalue weighted by Crippen LogP contribution is 1.99. The van der Waals surface area contributed by atoms with Crippen molar-refractivity contribution in [2.75, 3.05) is 6.61 Å². The zero-order valence-corrected chi connectivity index (χ0v) is 7.70. The molecule has 72 valence electrons. The Labute approximate surface area is 76.6 Å². The lowest BCUT2D eigenvalue weighted by molar-refractivity contribution is -0.142. The van der Waals surface area contributed by atoms with E-state index in [2.05, 4.69) is 11.3 Å². The van der Waals surface area contributed by atoms with Crippen LogP contribution in [0.3, 0.4) is 0 Å². The van der Waals surface area contributed by atoms with Crippen molar-refractivity contribution < 1.29 is 19.1 Å². The second-order valence-electron chi connectivity index (χ2n) is 2.80. The van der Waals surface area contributed by atoms with Crippen LogP contribution in [-0.2, 0) is 19.1 Å². The minimum atomic E-state index is -0.583. The van der Waals surface area contributed by atoms with Gasteiger partial charge in [0.1, 0.15) is 6.61 Å². The van der Waals surface area contributed by atoms with E-state index in [4.69, 9.17) is 0 Å². The summed E-state index contributed by atoms with van der Waals surface area (Å²) >= 11 is 0. The number of hydrogen-bond acceptors (Lipinski definition) is 4. The second-order valence-corrected chi connectivity index (χ2v) is 2.80. The van der Waals surface area contributed by atoms with E-state index < -0.39 is 17.7 Å². The van der Waals surface area contributed by atoms with E-state index >= 15 is 0 Å². The van der Waals surface area contributed by atoms with E-state index in [-0.39, 0.29) is 18.5 Å². The Kier molecular flexibility index (Phi) is 4.66. The van der Waals surface area contributed by atoms with Gasteiger partial charge in [-0.05, 0) is 6.92 Å². The summed E-state index contributed by atoms with van der Waals surface area (Å²) < 4.78 is 4.67. The van der Waals surface area contributed by atoms with Crippen LogP contribution in [0.15, 0.2) is 12.2 Å². The minimum absolute atomic E-state index is 0.0801. The standard InChI is InChI=1S/C9H12O4/c1-6(2)9(12)13-5-7(3)8(11)4-10/h4,7H,1,5H2,2-3H3. The highest BCUT2D eigenvalue weighted by atomic mass is 16.5. The van der Waals surface area contributed by atoms with Crippen molar-refractivity contribution >= 4 is 18.0 Å². The molecule has 13 heavy (non-hydrogen) atoms. The number of aldehydes is 1. The van der Waals surface area contributed by atoms with Crippen LogP contribution in [0.4, 0.5) is 0 Å². The van der Waals surface area contributed by atoms with Crippen LogP contribution in [-0.4, -0.2) is 24.6 Å².